The molecule has 0 aromatic carbocycles. The third-order valence-electron chi connectivity index (χ3n) is 4.21. The fraction of sp³-hybridized carbons (Fsp3) is 0.667. The highest BCUT2D eigenvalue weighted by Crippen LogP contribution is 2.34. The van der Waals surface area contributed by atoms with E-state index in [1.54, 1.807) is 11.3 Å². The van der Waals surface area contributed by atoms with E-state index < -0.39 is 0 Å². The molecule has 0 bridgehead atoms. The maximum atomic E-state index is 12.1. The first-order chi connectivity index (χ1) is 9.76. The average Bonchev–Trinajstić information content (AvgIpc) is 2.92. The summed E-state index contributed by atoms with van der Waals surface area (Å²) in [6.07, 6.45) is 4.22. The highest BCUT2D eigenvalue weighted by molar-refractivity contribution is 7.07. The predicted molar refractivity (Wildman–Crippen MR) is 77.9 cm³/mol. The number of amides is 1. The van der Waals surface area contributed by atoms with Crippen LogP contribution in [0.2, 0.25) is 0 Å². The zero-order valence-electron chi connectivity index (χ0n) is 11.6. The molecule has 0 unspecified atom stereocenters. The number of hydrogen-bond donors (Lipinski definition) is 1. The normalized spacial score (nSPS) is 25.5. The second-order valence-electron chi connectivity index (χ2n) is 5.71. The van der Waals surface area contributed by atoms with E-state index in [9.17, 15) is 4.79 Å². The molecule has 0 saturated carbocycles. The van der Waals surface area contributed by atoms with Crippen molar-refractivity contribution in [3.8, 4) is 0 Å². The lowest BCUT2D eigenvalue weighted by Crippen LogP contribution is -2.51. The fourth-order valence-electron chi connectivity index (χ4n) is 3.10. The lowest BCUT2D eigenvalue weighted by molar-refractivity contribution is -0.143. The monoisotopic (exact) mass is 295 g/mol. The van der Waals surface area contributed by atoms with Crippen LogP contribution in [-0.2, 0) is 20.7 Å². The molecule has 2 fully saturated rings. The first-order valence-electron chi connectivity index (χ1n) is 7.28. The van der Waals surface area contributed by atoms with Gasteiger partial charge in [0.1, 0.15) is 0 Å². The van der Waals surface area contributed by atoms with Crippen LogP contribution in [0.3, 0.4) is 0 Å². The zero-order chi connectivity index (χ0) is 13.8. The fourth-order valence-corrected chi connectivity index (χ4v) is 3.77. The van der Waals surface area contributed by atoms with E-state index in [0.29, 0.717) is 6.42 Å². The minimum atomic E-state index is -0.0587. The van der Waals surface area contributed by atoms with Gasteiger partial charge < -0.3 is 14.8 Å². The van der Waals surface area contributed by atoms with Crippen LogP contribution in [0, 0.1) is 0 Å². The van der Waals surface area contributed by atoms with Crippen LogP contribution < -0.4 is 5.32 Å². The van der Waals surface area contributed by atoms with Crippen molar-refractivity contribution in [3.63, 3.8) is 0 Å². The molecule has 1 aromatic heterocycles. The van der Waals surface area contributed by atoms with Gasteiger partial charge in [-0.25, -0.2) is 0 Å². The molecule has 1 atom stereocenters. The van der Waals surface area contributed by atoms with Crippen LogP contribution in [0.5, 0.6) is 0 Å². The molecule has 5 heteroatoms. The van der Waals surface area contributed by atoms with Gasteiger partial charge in [-0.1, -0.05) is 0 Å². The van der Waals surface area contributed by atoms with E-state index in [1.807, 2.05) is 16.8 Å². The summed E-state index contributed by atoms with van der Waals surface area (Å²) < 4.78 is 11.4. The number of thiophene rings is 1. The highest BCUT2D eigenvalue weighted by Gasteiger charge is 2.39. The topological polar surface area (TPSA) is 47.6 Å². The molecular weight excluding hydrogens is 274 g/mol. The van der Waals surface area contributed by atoms with Crippen LogP contribution in [0.15, 0.2) is 16.8 Å². The van der Waals surface area contributed by atoms with Crippen molar-refractivity contribution in [2.45, 2.75) is 43.7 Å². The average molecular weight is 295 g/mol. The number of ether oxygens (including phenoxy) is 2. The van der Waals surface area contributed by atoms with Crippen molar-refractivity contribution in [2.75, 3.05) is 19.8 Å². The van der Waals surface area contributed by atoms with E-state index >= 15 is 0 Å². The van der Waals surface area contributed by atoms with Crippen molar-refractivity contribution >= 4 is 17.2 Å². The molecule has 0 radical (unpaired) electrons. The number of rotatable bonds is 3. The molecular formula is C15H21NO3S. The largest absolute Gasteiger partial charge is 0.381 e. The van der Waals surface area contributed by atoms with Crippen molar-refractivity contribution in [1.29, 1.82) is 0 Å². The van der Waals surface area contributed by atoms with E-state index in [4.69, 9.17) is 9.47 Å². The molecule has 3 rings (SSSR count). The Morgan fingerprint density at radius 3 is 3.00 bits per heavy atom. The Balaban J connectivity index is 1.53. The molecule has 1 N–H and O–H groups in total. The molecule has 1 aromatic rings. The molecule has 110 valence electrons. The lowest BCUT2D eigenvalue weighted by atomic mass is 9.84. The minimum absolute atomic E-state index is 0.0587. The summed E-state index contributed by atoms with van der Waals surface area (Å²) in [5.41, 5.74) is 1.04. The Morgan fingerprint density at radius 2 is 2.25 bits per heavy atom. The summed E-state index contributed by atoms with van der Waals surface area (Å²) in [4.78, 5) is 12.1. The molecule has 1 amide bonds. The molecule has 1 spiro atoms. The number of carbonyl (C=O) groups excluding carboxylic acids is 1. The first kappa shape index (κ1) is 14.0. The molecule has 20 heavy (non-hydrogen) atoms. The van der Waals surface area contributed by atoms with Crippen LogP contribution in [0.25, 0.3) is 0 Å². The van der Waals surface area contributed by atoms with Gasteiger partial charge in [0.05, 0.1) is 12.0 Å². The van der Waals surface area contributed by atoms with Crippen LogP contribution in [0.1, 0.15) is 31.2 Å². The lowest BCUT2D eigenvalue weighted by Gasteiger charge is -2.43. The maximum Gasteiger partial charge on any atom is 0.224 e. The van der Waals surface area contributed by atoms with Gasteiger partial charge in [-0.05, 0) is 48.1 Å². The van der Waals surface area contributed by atoms with Crippen molar-refractivity contribution in [1.82, 2.24) is 5.32 Å². The zero-order valence-corrected chi connectivity index (χ0v) is 12.4. The van der Waals surface area contributed by atoms with Crippen molar-refractivity contribution in [3.05, 3.63) is 22.4 Å². The van der Waals surface area contributed by atoms with Crippen LogP contribution in [-0.4, -0.2) is 37.4 Å². The van der Waals surface area contributed by atoms with Gasteiger partial charge in [-0.2, -0.15) is 11.3 Å². The smallest absolute Gasteiger partial charge is 0.224 e. The van der Waals surface area contributed by atoms with E-state index in [1.165, 1.54) is 0 Å². The van der Waals surface area contributed by atoms with Gasteiger partial charge in [-0.15, -0.1) is 0 Å². The second-order valence-corrected chi connectivity index (χ2v) is 6.49. The molecule has 2 aliphatic heterocycles. The summed E-state index contributed by atoms with van der Waals surface area (Å²) in [7, 11) is 0. The first-order valence-corrected chi connectivity index (χ1v) is 8.22. The van der Waals surface area contributed by atoms with Crippen LogP contribution in [0.4, 0.5) is 0 Å². The Morgan fingerprint density at radius 1 is 1.40 bits per heavy atom. The number of nitrogens with one attached hydrogen (secondary N) is 1. The van der Waals surface area contributed by atoms with Crippen molar-refractivity contribution in [2.24, 2.45) is 0 Å². The van der Waals surface area contributed by atoms with E-state index in [0.717, 1.165) is 51.1 Å². The third kappa shape index (κ3) is 3.40. The van der Waals surface area contributed by atoms with Gasteiger partial charge in [0.2, 0.25) is 5.91 Å². The summed E-state index contributed by atoms with van der Waals surface area (Å²) in [6, 6.07) is 2.25. The van der Waals surface area contributed by atoms with Gasteiger partial charge in [0.25, 0.3) is 0 Å². The molecule has 3 heterocycles. The van der Waals surface area contributed by atoms with Gasteiger partial charge in [-0.3, -0.25) is 4.79 Å². The summed E-state index contributed by atoms with van der Waals surface area (Å²) >= 11 is 1.63. The van der Waals surface area contributed by atoms with E-state index in [-0.39, 0.29) is 17.6 Å². The summed E-state index contributed by atoms with van der Waals surface area (Å²) in [6.45, 7) is 2.29. The van der Waals surface area contributed by atoms with Gasteiger partial charge in [0.15, 0.2) is 0 Å². The Kier molecular flexibility index (Phi) is 4.38. The SMILES string of the molecule is O=C(Cc1ccsc1)N[C@H]1CCOC2(CCOCC2)C1. The standard InChI is InChI=1S/C15H21NO3S/c17-14(9-12-2-8-20-11-12)16-13-1-5-19-15(10-13)3-6-18-7-4-15/h2,8,11,13H,1,3-7,9-10H2,(H,16,17)/t13-/m0/s1. The second kappa shape index (κ2) is 6.24. The maximum absolute atomic E-state index is 12.1. The van der Waals surface area contributed by atoms with E-state index in [2.05, 4.69) is 5.32 Å². The minimum Gasteiger partial charge on any atom is -0.381 e. The van der Waals surface area contributed by atoms with Gasteiger partial charge in [0, 0.05) is 25.9 Å². The number of carbonyl (C=O) groups is 1. The Bertz CT molecular complexity index is 434. The highest BCUT2D eigenvalue weighted by atomic mass is 32.1. The predicted octanol–water partition coefficient (Wildman–Crippen LogP) is 2.13. The summed E-state index contributed by atoms with van der Waals surface area (Å²) in [5, 5.41) is 7.21. The molecule has 4 nitrogen and oxygen atoms in total. The van der Waals surface area contributed by atoms with Gasteiger partial charge >= 0.3 is 0 Å². The summed E-state index contributed by atoms with van der Waals surface area (Å²) in [5.74, 6) is 0.123. The quantitative estimate of drug-likeness (QED) is 0.929. The number of hydrogen-bond acceptors (Lipinski definition) is 4. The van der Waals surface area contributed by atoms with Crippen molar-refractivity contribution < 1.29 is 14.3 Å². The Hall–Kier alpha value is -0.910. The third-order valence-corrected chi connectivity index (χ3v) is 4.94. The van der Waals surface area contributed by atoms with Crippen LogP contribution >= 0.6 is 11.3 Å². The molecule has 2 saturated heterocycles. The Labute approximate surface area is 123 Å². The molecule has 0 aliphatic carbocycles. The molecule has 2 aliphatic rings.